The first-order chi connectivity index (χ1) is 7.29. The average molecular weight is 230 g/mol. The minimum Gasteiger partial charge on any atom is -0.395 e. The standard InChI is InChI=1S/C13H30N2O/c1-7-10(3)15(8-2)11(9-16)12(14)13(4,5)6/h10-12,16H,7-9,14H2,1-6H3. The van der Waals surface area contributed by atoms with Crippen LogP contribution in [0.25, 0.3) is 0 Å². The molecule has 0 aliphatic rings. The zero-order valence-electron chi connectivity index (χ0n) is 11.8. The third-order valence-corrected chi connectivity index (χ3v) is 3.55. The van der Waals surface area contributed by atoms with E-state index in [2.05, 4.69) is 46.4 Å². The van der Waals surface area contributed by atoms with E-state index in [1.54, 1.807) is 0 Å². The molecule has 0 aromatic heterocycles. The number of aliphatic hydroxyl groups is 1. The second-order valence-electron chi connectivity index (χ2n) is 5.73. The van der Waals surface area contributed by atoms with Gasteiger partial charge in [-0.2, -0.15) is 0 Å². The van der Waals surface area contributed by atoms with Gasteiger partial charge in [0.2, 0.25) is 0 Å². The Morgan fingerprint density at radius 1 is 1.25 bits per heavy atom. The lowest BCUT2D eigenvalue weighted by molar-refractivity contribution is 0.0478. The summed E-state index contributed by atoms with van der Waals surface area (Å²) in [4.78, 5) is 2.32. The van der Waals surface area contributed by atoms with Crippen molar-refractivity contribution < 1.29 is 5.11 Å². The number of nitrogens with two attached hydrogens (primary N) is 1. The van der Waals surface area contributed by atoms with Gasteiger partial charge in [0, 0.05) is 18.1 Å². The first-order valence-electron chi connectivity index (χ1n) is 6.41. The Morgan fingerprint density at radius 3 is 2.00 bits per heavy atom. The molecule has 3 N–H and O–H groups in total. The Balaban J connectivity index is 4.81. The first-order valence-corrected chi connectivity index (χ1v) is 6.41. The van der Waals surface area contributed by atoms with Crippen molar-refractivity contribution in [3.05, 3.63) is 0 Å². The monoisotopic (exact) mass is 230 g/mol. The molecule has 3 atom stereocenters. The molecule has 98 valence electrons. The quantitative estimate of drug-likeness (QED) is 0.732. The Labute approximate surface area is 101 Å². The SMILES string of the molecule is CCC(C)N(CC)C(CO)C(N)C(C)(C)C. The third-order valence-electron chi connectivity index (χ3n) is 3.55. The van der Waals surface area contributed by atoms with Gasteiger partial charge in [-0.05, 0) is 25.3 Å². The summed E-state index contributed by atoms with van der Waals surface area (Å²) in [5, 5.41) is 9.58. The average Bonchev–Trinajstić information content (AvgIpc) is 2.22. The van der Waals surface area contributed by atoms with Crippen LogP contribution in [-0.4, -0.2) is 41.3 Å². The summed E-state index contributed by atoms with van der Waals surface area (Å²) in [7, 11) is 0. The third kappa shape index (κ3) is 4.04. The lowest BCUT2D eigenvalue weighted by Crippen LogP contribution is -2.57. The number of likely N-dealkylation sites (N-methyl/N-ethyl adjacent to an activating group) is 1. The zero-order valence-corrected chi connectivity index (χ0v) is 11.8. The fourth-order valence-electron chi connectivity index (χ4n) is 2.11. The van der Waals surface area contributed by atoms with E-state index >= 15 is 0 Å². The van der Waals surface area contributed by atoms with Crippen molar-refractivity contribution in [2.75, 3.05) is 13.2 Å². The molecule has 0 spiro atoms. The van der Waals surface area contributed by atoms with Crippen LogP contribution in [-0.2, 0) is 0 Å². The van der Waals surface area contributed by atoms with E-state index in [0.29, 0.717) is 6.04 Å². The Kier molecular flexibility index (Phi) is 6.53. The fraction of sp³-hybridized carbons (Fsp3) is 1.00. The van der Waals surface area contributed by atoms with Gasteiger partial charge in [-0.1, -0.05) is 34.6 Å². The zero-order chi connectivity index (χ0) is 12.9. The minimum atomic E-state index is -0.00792. The van der Waals surface area contributed by atoms with Crippen LogP contribution in [0.1, 0.15) is 48.0 Å². The molecule has 3 nitrogen and oxygen atoms in total. The van der Waals surface area contributed by atoms with E-state index in [4.69, 9.17) is 5.73 Å². The molecular weight excluding hydrogens is 200 g/mol. The number of rotatable bonds is 6. The van der Waals surface area contributed by atoms with Gasteiger partial charge in [-0.15, -0.1) is 0 Å². The predicted octanol–water partition coefficient (Wildman–Crippen LogP) is 1.84. The van der Waals surface area contributed by atoms with E-state index < -0.39 is 0 Å². The maximum absolute atomic E-state index is 9.58. The topological polar surface area (TPSA) is 49.5 Å². The molecule has 0 aliphatic heterocycles. The number of hydrogen-bond donors (Lipinski definition) is 2. The van der Waals surface area contributed by atoms with Gasteiger partial charge in [0.15, 0.2) is 0 Å². The molecule has 16 heavy (non-hydrogen) atoms. The molecule has 0 bridgehead atoms. The normalized spacial score (nSPS) is 18.6. The van der Waals surface area contributed by atoms with Gasteiger partial charge >= 0.3 is 0 Å². The van der Waals surface area contributed by atoms with E-state index in [1.165, 1.54) is 0 Å². The van der Waals surface area contributed by atoms with Crippen molar-refractivity contribution >= 4 is 0 Å². The van der Waals surface area contributed by atoms with Gasteiger partial charge in [0.05, 0.1) is 6.61 Å². The van der Waals surface area contributed by atoms with Gasteiger partial charge in [-0.25, -0.2) is 0 Å². The van der Waals surface area contributed by atoms with Crippen molar-refractivity contribution in [3.63, 3.8) is 0 Å². The fourth-order valence-corrected chi connectivity index (χ4v) is 2.11. The van der Waals surface area contributed by atoms with E-state index in [-0.39, 0.29) is 24.1 Å². The molecule has 0 aliphatic carbocycles. The second kappa shape index (κ2) is 6.58. The van der Waals surface area contributed by atoms with E-state index in [1.807, 2.05) is 0 Å². The van der Waals surface area contributed by atoms with Crippen molar-refractivity contribution in [1.82, 2.24) is 4.90 Å². The summed E-state index contributed by atoms with van der Waals surface area (Å²) in [5.41, 5.74) is 6.29. The highest BCUT2D eigenvalue weighted by Gasteiger charge is 2.33. The molecule has 0 heterocycles. The van der Waals surface area contributed by atoms with Gasteiger partial charge in [0.25, 0.3) is 0 Å². The van der Waals surface area contributed by atoms with Crippen LogP contribution in [0.5, 0.6) is 0 Å². The number of nitrogens with zero attached hydrogens (tertiary/aromatic N) is 1. The van der Waals surface area contributed by atoms with E-state index in [9.17, 15) is 5.11 Å². The maximum Gasteiger partial charge on any atom is 0.0602 e. The summed E-state index contributed by atoms with van der Waals surface area (Å²) >= 11 is 0. The molecule has 0 fully saturated rings. The van der Waals surface area contributed by atoms with Crippen molar-refractivity contribution in [3.8, 4) is 0 Å². The maximum atomic E-state index is 9.58. The minimum absolute atomic E-state index is 0.00792. The summed E-state index contributed by atoms with van der Waals surface area (Å²) in [5.74, 6) is 0. The summed E-state index contributed by atoms with van der Waals surface area (Å²) in [6.07, 6.45) is 1.08. The van der Waals surface area contributed by atoms with Crippen LogP contribution in [0.15, 0.2) is 0 Å². The van der Waals surface area contributed by atoms with Gasteiger partial charge < -0.3 is 10.8 Å². The van der Waals surface area contributed by atoms with Crippen molar-refractivity contribution in [1.29, 1.82) is 0 Å². The smallest absolute Gasteiger partial charge is 0.0602 e. The lowest BCUT2D eigenvalue weighted by Gasteiger charge is -2.42. The van der Waals surface area contributed by atoms with Crippen LogP contribution in [0, 0.1) is 5.41 Å². The number of hydrogen-bond acceptors (Lipinski definition) is 3. The second-order valence-corrected chi connectivity index (χ2v) is 5.73. The molecule has 0 aromatic rings. The van der Waals surface area contributed by atoms with Crippen LogP contribution >= 0.6 is 0 Å². The van der Waals surface area contributed by atoms with Gasteiger partial charge in [-0.3, -0.25) is 4.90 Å². The Hall–Kier alpha value is -0.120. The molecule has 0 amide bonds. The van der Waals surface area contributed by atoms with Crippen molar-refractivity contribution in [2.45, 2.75) is 66.1 Å². The van der Waals surface area contributed by atoms with Crippen LogP contribution in [0.4, 0.5) is 0 Å². The summed E-state index contributed by atoms with van der Waals surface area (Å²) in [6.45, 7) is 14.0. The van der Waals surface area contributed by atoms with Crippen molar-refractivity contribution in [2.24, 2.45) is 11.1 Å². The summed E-state index contributed by atoms with van der Waals surface area (Å²) in [6, 6.07) is 0.516. The number of aliphatic hydroxyl groups excluding tert-OH is 1. The Bertz CT molecular complexity index is 189. The first kappa shape index (κ1) is 15.9. The molecule has 3 unspecified atom stereocenters. The van der Waals surface area contributed by atoms with E-state index in [0.717, 1.165) is 13.0 Å². The predicted molar refractivity (Wildman–Crippen MR) is 70.4 cm³/mol. The van der Waals surface area contributed by atoms with Crippen LogP contribution in [0.2, 0.25) is 0 Å². The highest BCUT2D eigenvalue weighted by Crippen LogP contribution is 2.24. The van der Waals surface area contributed by atoms with Crippen LogP contribution in [0.3, 0.4) is 0 Å². The van der Waals surface area contributed by atoms with Crippen LogP contribution < -0.4 is 5.73 Å². The molecule has 0 aromatic carbocycles. The lowest BCUT2D eigenvalue weighted by atomic mass is 9.82. The highest BCUT2D eigenvalue weighted by molar-refractivity contribution is 4.90. The van der Waals surface area contributed by atoms with Gasteiger partial charge in [0.1, 0.15) is 0 Å². The molecule has 0 saturated heterocycles. The highest BCUT2D eigenvalue weighted by atomic mass is 16.3. The summed E-state index contributed by atoms with van der Waals surface area (Å²) < 4.78 is 0. The largest absolute Gasteiger partial charge is 0.395 e. The molecular formula is C13H30N2O. The molecule has 0 rings (SSSR count). The Morgan fingerprint density at radius 2 is 1.75 bits per heavy atom. The molecule has 3 heteroatoms. The molecule has 0 saturated carbocycles. The molecule has 0 radical (unpaired) electrons.